The minimum atomic E-state index is -0.309. The van der Waals surface area contributed by atoms with Gasteiger partial charge in [0, 0.05) is 16.7 Å². The Kier molecular flexibility index (Phi) is 2.53. The number of aldehydes is 1. The highest BCUT2D eigenvalue weighted by atomic mass is 16.1. The Morgan fingerprint density at radius 3 is 2.11 bits per heavy atom. The van der Waals surface area contributed by atoms with Crippen LogP contribution in [0.25, 0.3) is 0 Å². The van der Waals surface area contributed by atoms with Crippen LogP contribution >= 0.6 is 0 Å². The van der Waals surface area contributed by atoms with Crippen LogP contribution in [-0.4, -0.2) is 12.1 Å². The van der Waals surface area contributed by atoms with Crippen molar-refractivity contribution in [3.63, 3.8) is 0 Å². The van der Waals surface area contributed by atoms with Gasteiger partial charge in [0.15, 0.2) is 0 Å². The third-order valence-corrected chi connectivity index (χ3v) is 5.62. The Morgan fingerprint density at radius 2 is 1.67 bits per heavy atom. The van der Waals surface area contributed by atoms with Crippen molar-refractivity contribution in [2.24, 2.45) is 34.5 Å². The van der Waals surface area contributed by atoms with E-state index in [1.807, 2.05) is 20.8 Å². The van der Waals surface area contributed by atoms with Crippen LogP contribution in [0.1, 0.15) is 52.9 Å². The van der Waals surface area contributed by atoms with Crippen LogP contribution < -0.4 is 0 Å². The lowest BCUT2D eigenvalue weighted by Crippen LogP contribution is -2.57. The van der Waals surface area contributed by atoms with Crippen molar-refractivity contribution in [1.82, 2.24) is 0 Å². The van der Waals surface area contributed by atoms with Gasteiger partial charge in [0.1, 0.15) is 12.1 Å². The number of Topliss-reactive ketones (excluding diaryl/α,β-unsaturated/α-hetero) is 1. The van der Waals surface area contributed by atoms with Gasteiger partial charge in [0.2, 0.25) is 0 Å². The fourth-order valence-corrected chi connectivity index (χ4v) is 5.21. The maximum Gasteiger partial charge on any atom is 0.142 e. The molecule has 4 fully saturated rings. The first-order chi connectivity index (χ1) is 8.36. The summed E-state index contributed by atoms with van der Waals surface area (Å²) in [7, 11) is 0. The summed E-state index contributed by atoms with van der Waals surface area (Å²) in [6.45, 7) is 6.00. The van der Waals surface area contributed by atoms with Gasteiger partial charge in [-0.25, -0.2) is 0 Å². The van der Waals surface area contributed by atoms with E-state index in [9.17, 15) is 9.59 Å². The van der Waals surface area contributed by atoms with Crippen LogP contribution in [0.15, 0.2) is 0 Å². The summed E-state index contributed by atoms with van der Waals surface area (Å²) in [6.07, 6.45) is 6.82. The van der Waals surface area contributed by atoms with E-state index in [0.717, 1.165) is 31.0 Å². The monoisotopic (exact) mass is 248 g/mol. The Balaban J connectivity index is 1.98. The third-order valence-electron chi connectivity index (χ3n) is 5.62. The van der Waals surface area contributed by atoms with E-state index in [-0.39, 0.29) is 16.7 Å². The van der Waals surface area contributed by atoms with Gasteiger partial charge in [-0.2, -0.15) is 0 Å². The zero-order valence-electron chi connectivity index (χ0n) is 11.7. The average molecular weight is 248 g/mol. The molecule has 4 saturated carbocycles. The second kappa shape index (κ2) is 3.68. The molecule has 0 amide bonds. The molecule has 18 heavy (non-hydrogen) atoms. The van der Waals surface area contributed by atoms with E-state index in [1.165, 1.54) is 19.3 Å². The summed E-state index contributed by atoms with van der Waals surface area (Å²) < 4.78 is 0. The summed E-state index contributed by atoms with van der Waals surface area (Å²) in [5.41, 5.74) is -0.602. The smallest absolute Gasteiger partial charge is 0.142 e. The van der Waals surface area contributed by atoms with E-state index in [2.05, 4.69) is 0 Å². The fraction of sp³-hybridized carbons (Fsp3) is 0.875. The summed E-state index contributed by atoms with van der Waals surface area (Å²) in [5, 5.41) is 0. The Hall–Kier alpha value is -0.660. The standard InChI is InChI=1S/C16H24O2/c1-15(2,3)14(18)13-12-5-10-4-11(6-12)8-16(13,7-10)9-17/h9-13H,4-8H2,1-3H3. The van der Waals surface area contributed by atoms with Crippen molar-refractivity contribution in [2.75, 3.05) is 0 Å². The van der Waals surface area contributed by atoms with Crippen LogP contribution in [0.4, 0.5) is 0 Å². The van der Waals surface area contributed by atoms with E-state index in [1.54, 1.807) is 0 Å². The number of carbonyl (C=O) groups is 2. The molecule has 4 aliphatic rings. The van der Waals surface area contributed by atoms with E-state index in [0.29, 0.717) is 11.7 Å². The highest BCUT2D eigenvalue weighted by Crippen LogP contribution is 2.63. The maximum atomic E-state index is 12.8. The van der Waals surface area contributed by atoms with Crippen LogP contribution in [0, 0.1) is 34.5 Å². The van der Waals surface area contributed by atoms with Gasteiger partial charge in [-0.3, -0.25) is 4.79 Å². The Morgan fingerprint density at radius 1 is 1.11 bits per heavy atom. The first kappa shape index (κ1) is 12.4. The quantitative estimate of drug-likeness (QED) is 0.703. The van der Waals surface area contributed by atoms with E-state index >= 15 is 0 Å². The Bertz CT molecular complexity index is 376. The van der Waals surface area contributed by atoms with Crippen LogP contribution in [0.3, 0.4) is 0 Å². The molecule has 0 spiro atoms. The van der Waals surface area contributed by atoms with Crippen molar-refractivity contribution in [3.05, 3.63) is 0 Å². The van der Waals surface area contributed by atoms with Crippen LogP contribution in [0.5, 0.6) is 0 Å². The lowest BCUT2D eigenvalue weighted by Gasteiger charge is -2.59. The van der Waals surface area contributed by atoms with Gasteiger partial charge >= 0.3 is 0 Å². The molecule has 3 atom stereocenters. The molecule has 0 aromatic carbocycles. The molecule has 0 radical (unpaired) electrons. The Labute approximate surface area is 110 Å². The van der Waals surface area contributed by atoms with Gasteiger partial charge in [-0.15, -0.1) is 0 Å². The molecule has 4 bridgehead atoms. The molecule has 4 rings (SSSR count). The number of rotatable bonds is 2. The van der Waals surface area contributed by atoms with Gasteiger partial charge in [-0.1, -0.05) is 20.8 Å². The highest BCUT2D eigenvalue weighted by Gasteiger charge is 2.60. The molecule has 0 saturated heterocycles. The zero-order chi connectivity index (χ0) is 13.1. The first-order valence-electron chi connectivity index (χ1n) is 7.36. The summed E-state index contributed by atoms with van der Waals surface area (Å²) in [4.78, 5) is 24.5. The van der Waals surface area contributed by atoms with Gasteiger partial charge in [0.05, 0.1) is 0 Å². The number of hydrogen-bond donors (Lipinski definition) is 0. The molecule has 3 unspecified atom stereocenters. The molecule has 0 aliphatic heterocycles. The average Bonchev–Trinajstić information content (AvgIpc) is 2.26. The van der Waals surface area contributed by atoms with Crippen molar-refractivity contribution in [2.45, 2.75) is 52.9 Å². The molecule has 4 aliphatic carbocycles. The molecular formula is C16H24O2. The van der Waals surface area contributed by atoms with Crippen LogP contribution in [-0.2, 0) is 9.59 Å². The van der Waals surface area contributed by atoms with Crippen molar-refractivity contribution >= 4 is 12.1 Å². The first-order valence-corrected chi connectivity index (χ1v) is 7.36. The summed E-state index contributed by atoms with van der Waals surface area (Å²) in [5.74, 6) is 2.28. The largest absolute Gasteiger partial charge is 0.303 e. The molecule has 0 aromatic heterocycles. The minimum Gasteiger partial charge on any atom is -0.303 e. The normalized spacial score (nSPS) is 46.2. The second-order valence-corrected chi connectivity index (χ2v) is 8.05. The maximum absolute atomic E-state index is 12.8. The predicted molar refractivity (Wildman–Crippen MR) is 70.0 cm³/mol. The third kappa shape index (κ3) is 1.60. The topological polar surface area (TPSA) is 34.1 Å². The van der Waals surface area contributed by atoms with Gasteiger partial charge in [0.25, 0.3) is 0 Å². The van der Waals surface area contributed by atoms with E-state index < -0.39 is 0 Å². The van der Waals surface area contributed by atoms with Crippen molar-refractivity contribution in [3.8, 4) is 0 Å². The number of ketones is 1. The zero-order valence-corrected chi connectivity index (χ0v) is 11.7. The number of carbonyl (C=O) groups excluding carboxylic acids is 2. The number of hydrogen-bond acceptors (Lipinski definition) is 2. The van der Waals surface area contributed by atoms with Crippen molar-refractivity contribution < 1.29 is 9.59 Å². The molecule has 2 heteroatoms. The van der Waals surface area contributed by atoms with Gasteiger partial charge < -0.3 is 4.79 Å². The molecule has 100 valence electrons. The molecule has 0 N–H and O–H groups in total. The molecule has 0 aromatic rings. The van der Waals surface area contributed by atoms with E-state index in [4.69, 9.17) is 0 Å². The van der Waals surface area contributed by atoms with Crippen molar-refractivity contribution in [1.29, 1.82) is 0 Å². The fourth-order valence-electron chi connectivity index (χ4n) is 5.21. The predicted octanol–water partition coefficient (Wildman–Crippen LogP) is 3.24. The molecule has 2 nitrogen and oxygen atoms in total. The SMILES string of the molecule is CC(C)(C)C(=O)C1C2CC3CC(C2)CC1(C=O)C3. The highest BCUT2D eigenvalue weighted by molar-refractivity contribution is 5.90. The summed E-state index contributed by atoms with van der Waals surface area (Å²) >= 11 is 0. The summed E-state index contributed by atoms with van der Waals surface area (Å²) in [6, 6.07) is 0. The molecule has 0 heterocycles. The van der Waals surface area contributed by atoms with Gasteiger partial charge in [-0.05, 0) is 49.9 Å². The van der Waals surface area contributed by atoms with Crippen LogP contribution in [0.2, 0.25) is 0 Å². The molecular weight excluding hydrogens is 224 g/mol. The lowest BCUT2D eigenvalue weighted by molar-refractivity contribution is -0.163. The second-order valence-electron chi connectivity index (χ2n) is 8.05. The minimum absolute atomic E-state index is 0.0165. The lowest BCUT2D eigenvalue weighted by atomic mass is 9.44.